The third-order valence-electron chi connectivity index (χ3n) is 3.12. The van der Waals surface area contributed by atoms with Gasteiger partial charge in [-0.1, -0.05) is 6.42 Å². The largest absolute Gasteiger partial charge is 0.522 e. The van der Waals surface area contributed by atoms with Gasteiger partial charge in [0, 0.05) is 12.6 Å². The molecule has 0 aromatic rings. The summed E-state index contributed by atoms with van der Waals surface area (Å²) in [5.74, 6) is 0. The van der Waals surface area contributed by atoms with Crippen LogP contribution in [0.3, 0.4) is 0 Å². The third kappa shape index (κ3) is 6.24. The summed E-state index contributed by atoms with van der Waals surface area (Å²) < 4.78 is 39.4. The molecule has 0 aliphatic carbocycles. The molecule has 1 aliphatic rings. The molecule has 0 radical (unpaired) electrons. The highest BCUT2D eigenvalue weighted by Gasteiger charge is 2.30. The van der Waals surface area contributed by atoms with E-state index < -0.39 is 6.36 Å². The van der Waals surface area contributed by atoms with Crippen LogP contribution < -0.4 is 5.32 Å². The van der Waals surface area contributed by atoms with Gasteiger partial charge in [0.15, 0.2) is 0 Å². The Labute approximate surface area is 100 Å². The summed E-state index contributed by atoms with van der Waals surface area (Å²) in [5.41, 5.74) is 0. The van der Waals surface area contributed by atoms with E-state index in [0.29, 0.717) is 12.6 Å². The van der Waals surface area contributed by atoms with Gasteiger partial charge >= 0.3 is 6.36 Å². The molecule has 1 rings (SSSR count). The van der Waals surface area contributed by atoms with Gasteiger partial charge in [-0.3, -0.25) is 9.64 Å². The molecule has 0 aromatic carbocycles. The molecule has 1 aliphatic heterocycles. The van der Waals surface area contributed by atoms with Crippen LogP contribution in [0.1, 0.15) is 25.7 Å². The zero-order chi connectivity index (χ0) is 12.7. The van der Waals surface area contributed by atoms with Crippen LogP contribution in [-0.4, -0.2) is 50.6 Å². The molecular weight excluding hydrogens is 233 g/mol. The molecule has 1 fully saturated rings. The third-order valence-corrected chi connectivity index (χ3v) is 3.12. The predicted octanol–water partition coefficient (Wildman–Crippen LogP) is 1.99. The van der Waals surface area contributed by atoms with Crippen molar-refractivity contribution in [1.82, 2.24) is 10.2 Å². The molecule has 102 valence electrons. The maximum Gasteiger partial charge on any atom is 0.522 e. The van der Waals surface area contributed by atoms with Crippen LogP contribution in [0.15, 0.2) is 0 Å². The van der Waals surface area contributed by atoms with Crippen LogP contribution >= 0.6 is 0 Å². The SMILES string of the molecule is CNCCC1CCCCN1CCOC(F)(F)F. The molecule has 1 heterocycles. The fourth-order valence-electron chi connectivity index (χ4n) is 2.27. The Hall–Kier alpha value is -0.330. The van der Waals surface area contributed by atoms with Gasteiger partial charge in [-0.2, -0.15) is 0 Å². The first-order chi connectivity index (χ1) is 8.03. The average Bonchev–Trinajstić information content (AvgIpc) is 2.26. The number of nitrogens with zero attached hydrogens (tertiary/aromatic N) is 1. The van der Waals surface area contributed by atoms with Crippen LogP contribution in [0.25, 0.3) is 0 Å². The maximum atomic E-state index is 11.9. The topological polar surface area (TPSA) is 24.5 Å². The number of alkyl halides is 3. The summed E-state index contributed by atoms with van der Waals surface area (Å²) in [6.07, 6.45) is -0.195. The second-order valence-electron chi connectivity index (χ2n) is 4.37. The van der Waals surface area contributed by atoms with Gasteiger partial charge in [0.25, 0.3) is 0 Å². The molecule has 6 heteroatoms. The van der Waals surface area contributed by atoms with Gasteiger partial charge in [0.05, 0.1) is 6.61 Å². The van der Waals surface area contributed by atoms with Crippen molar-refractivity contribution in [3.63, 3.8) is 0 Å². The molecule has 1 unspecified atom stereocenters. The summed E-state index contributed by atoms with van der Waals surface area (Å²) in [6.45, 7) is 1.89. The number of piperidine rings is 1. The zero-order valence-corrected chi connectivity index (χ0v) is 10.2. The highest BCUT2D eigenvalue weighted by Crippen LogP contribution is 2.20. The molecule has 1 atom stereocenters. The number of hydrogen-bond donors (Lipinski definition) is 1. The van der Waals surface area contributed by atoms with Gasteiger partial charge in [0.1, 0.15) is 0 Å². The lowest BCUT2D eigenvalue weighted by molar-refractivity contribution is -0.325. The van der Waals surface area contributed by atoms with Crippen molar-refractivity contribution in [3.05, 3.63) is 0 Å². The molecule has 17 heavy (non-hydrogen) atoms. The minimum Gasteiger partial charge on any atom is -0.320 e. The highest BCUT2D eigenvalue weighted by molar-refractivity contribution is 4.77. The Kier molecular flexibility index (Phi) is 6.22. The Morgan fingerprint density at radius 1 is 1.35 bits per heavy atom. The molecule has 3 nitrogen and oxygen atoms in total. The van der Waals surface area contributed by atoms with E-state index in [1.165, 1.54) is 6.42 Å². The molecule has 1 saturated heterocycles. The number of nitrogens with one attached hydrogen (secondary N) is 1. The van der Waals surface area contributed by atoms with Crippen molar-refractivity contribution in [2.45, 2.75) is 38.1 Å². The van der Waals surface area contributed by atoms with Crippen LogP contribution in [-0.2, 0) is 4.74 Å². The quantitative estimate of drug-likeness (QED) is 0.784. The standard InChI is InChI=1S/C11H21F3N2O/c1-15-6-5-10-4-2-3-7-16(10)8-9-17-11(12,13)14/h10,15H,2-9H2,1H3. The van der Waals surface area contributed by atoms with E-state index in [4.69, 9.17) is 0 Å². The van der Waals surface area contributed by atoms with E-state index in [1.54, 1.807) is 0 Å². The van der Waals surface area contributed by atoms with E-state index >= 15 is 0 Å². The number of likely N-dealkylation sites (tertiary alicyclic amines) is 1. The van der Waals surface area contributed by atoms with E-state index in [9.17, 15) is 13.2 Å². The van der Waals surface area contributed by atoms with Crippen molar-refractivity contribution in [1.29, 1.82) is 0 Å². The fourth-order valence-corrected chi connectivity index (χ4v) is 2.27. The molecule has 1 N–H and O–H groups in total. The number of halogens is 3. The Balaban J connectivity index is 2.27. The lowest BCUT2D eigenvalue weighted by Crippen LogP contribution is -2.43. The first-order valence-electron chi connectivity index (χ1n) is 6.12. The fraction of sp³-hybridized carbons (Fsp3) is 1.00. The second-order valence-corrected chi connectivity index (χ2v) is 4.37. The Morgan fingerprint density at radius 2 is 2.12 bits per heavy atom. The van der Waals surface area contributed by atoms with Crippen molar-refractivity contribution in [2.24, 2.45) is 0 Å². The molecule has 0 spiro atoms. The van der Waals surface area contributed by atoms with Crippen LogP contribution in [0.5, 0.6) is 0 Å². The maximum absolute atomic E-state index is 11.9. The summed E-state index contributed by atoms with van der Waals surface area (Å²) in [6, 6.07) is 0.396. The molecule has 0 amide bonds. The van der Waals surface area contributed by atoms with E-state index in [2.05, 4.69) is 15.0 Å². The molecular formula is C11H21F3N2O. The normalized spacial score (nSPS) is 22.9. The molecule has 0 saturated carbocycles. The predicted molar refractivity (Wildman–Crippen MR) is 59.8 cm³/mol. The summed E-state index contributed by atoms with van der Waals surface area (Å²) in [5, 5.41) is 3.08. The number of ether oxygens (including phenoxy) is 1. The number of hydrogen-bond acceptors (Lipinski definition) is 3. The summed E-state index contributed by atoms with van der Waals surface area (Å²) >= 11 is 0. The zero-order valence-electron chi connectivity index (χ0n) is 10.2. The van der Waals surface area contributed by atoms with E-state index in [0.717, 1.165) is 32.4 Å². The monoisotopic (exact) mass is 254 g/mol. The van der Waals surface area contributed by atoms with E-state index in [1.807, 2.05) is 7.05 Å². The van der Waals surface area contributed by atoms with Crippen molar-refractivity contribution < 1.29 is 17.9 Å². The molecule has 0 aromatic heterocycles. The van der Waals surface area contributed by atoms with Crippen molar-refractivity contribution in [3.8, 4) is 0 Å². The average molecular weight is 254 g/mol. The lowest BCUT2D eigenvalue weighted by Gasteiger charge is -2.35. The van der Waals surface area contributed by atoms with Gasteiger partial charge < -0.3 is 5.32 Å². The lowest BCUT2D eigenvalue weighted by atomic mass is 9.99. The van der Waals surface area contributed by atoms with Crippen molar-refractivity contribution in [2.75, 3.05) is 33.3 Å². The second kappa shape index (κ2) is 7.18. The van der Waals surface area contributed by atoms with E-state index in [-0.39, 0.29) is 6.61 Å². The van der Waals surface area contributed by atoms with Gasteiger partial charge in [0.2, 0.25) is 0 Å². The smallest absolute Gasteiger partial charge is 0.320 e. The van der Waals surface area contributed by atoms with Gasteiger partial charge in [-0.25, -0.2) is 0 Å². The number of rotatable bonds is 6. The summed E-state index contributed by atoms with van der Waals surface area (Å²) in [4.78, 5) is 2.12. The Morgan fingerprint density at radius 3 is 2.76 bits per heavy atom. The first-order valence-corrected chi connectivity index (χ1v) is 6.12. The van der Waals surface area contributed by atoms with Crippen molar-refractivity contribution >= 4 is 0 Å². The van der Waals surface area contributed by atoms with Crippen LogP contribution in [0.2, 0.25) is 0 Å². The van der Waals surface area contributed by atoms with Gasteiger partial charge in [-0.05, 0) is 39.4 Å². The highest BCUT2D eigenvalue weighted by atomic mass is 19.4. The minimum atomic E-state index is -4.50. The van der Waals surface area contributed by atoms with Gasteiger partial charge in [-0.15, -0.1) is 13.2 Å². The van der Waals surface area contributed by atoms with Crippen LogP contribution in [0, 0.1) is 0 Å². The molecule has 0 bridgehead atoms. The summed E-state index contributed by atoms with van der Waals surface area (Å²) in [7, 11) is 1.89. The minimum absolute atomic E-state index is 0.264. The van der Waals surface area contributed by atoms with Crippen LogP contribution in [0.4, 0.5) is 13.2 Å². The first kappa shape index (κ1) is 14.7. The Bertz CT molecular complexity index is 211.